The second-order valence-corrected chi connectivity index (χ2v) is 8.49. The van der Waals surface area contributed by atoms with E-state index in [9.17, 15) is 4.39 Å². The molecule has 174 valence electrons. The number of anilines is 1. The molecule has 1 fully saturated rings. The SMILES string of the molecule is Cc1cc(Oc2cc(F)ccc2C2=C\CC(C)/C=C(CCN)/C=N\2)cc(N2CCOCC2)n1. The van der Waals surface area contributed by atoms with E-state index in [1.54, 1.807) is 6.07 Å². The largest absolute Gasteiger partial charge is 0.456 e. The maximum Gasteiger partial charge on any atom is 0.139 e. The molecule has 0 saturated carbocycles. The first-order chi connectivity index (χ1) is 16.0. The van der Waals surface area contributed by atoms with Gasteiger partial charge in [-0.1, -0.05) is 19.1 Å². The summed E-state index contributed by atoms with van der Waals surface area (Å²) < 4.78 is 25.9. The number of nitrogens with zero attached hydrogens (tertiary/aromatic N) is 3. The highest BCUT2D eigenvalue weighted by Gasteiger charge is 2.17. The van der Waals surface area contributed by atoms with Gasteiger partial charge in [-0.25, -0.2) is 9.37 Å². The van der Waals surface area contributed by atoms with E-state index >= 15 is 0 Å². The molecular weight excluding hydrogens is 419 g/mol. The molecule has 1 aromatic heterocycles. The van der Waals surface area contributed by atoms with Crippen molar-refractivity contribution in [3.05, 3.63) is 65.1 Å². The maximum atomic E-state index is 14.2. The van der Waals surface area contributed by atoms with E-state index in [1.165, 1.54) is 12.1 Å². The Morgan fingerprint density at radius 1 is 1.21 bits per heavy atom. The van der Waals surface area contributed by atoms with Crippen LogP contribution in [0.1, 0.15) is 31.0 Å². The van der Waals surface area contributed by atoms with Gasteiger partial charge in [-0.3, -0.25) is 4.99 Å². The molecule has 0 aliphatic carbocycles. The summed E-state index contributed by atoms with van der Waals surface area (Å²) in [7, 11) is 0. The number of morpholine rings is 1. The molecule has 7 heteroatoms. The number of aliphatic imine (C=N–C) groups is 1. The highest BCUT2D eigenvalue weighted by molar-refractivity contribution is 5.86. The predicted octanol–water partition coefficient (Wildman–Crippen LogP) is 4.88. The van der Waals surface area contributed by atoms with E-state index in [2.05, 4.69) is 29.0 Å². The second-order valence-electron chi connectivity index (χ2n) is 8.49. The lowest BCUT2D eigenvalue weighted by Gasteiger charge is -2.28. The van der Waals surface area contributed by atoms with Crippen LogP contribution in [0.25, 0.3) is 5.70 Å². The number of nitrogens with two attached hydrogens (primary N) is 1. The number of allylic oxidation sites excluding steroid dienone is 2. The Morgan fingerprint density at radius 3 is 2.82 bits per heavy atom. The van der Waals surface area contributed by atoms with Crippen LogP contribution < -0.4 is 15.4 Å². The highest BCUT2D eigenvalue weighted by atomic mass is 19.1. The minimum atomic E-state index is -0.361. The molecule has 1 unspecified atom stereocenters. The fourth-order valence-electron chi connectivity index (χ4n) is 4.03. The Bertz CT molecular complexity index is 1070. The quantitative estimate of drug-likeness (QED) is 0.679. The summed E-state index contributed by atoms with van der Waals surface area (Å²) in [6.45, 7) is 7.56. The lowest BCUT2D eigenvalue weighted by molar-refractivity contribution is 0.122. The number of ether oxygens (including phenoxy) is 2. The number of hydrogen-bond donors (Lipinski definition) is 1. The molecule has 33 heavy (non-hydrogen) atoms. The summed E-state index contributed by atoms with van der Waals surface area (Å²) in [4.78, 5) is 11.5. The van der Waals surface area contributed by atoms with Crippen LogP contribution in [0.4, 0.5) is 10.2 Å². The first-order valence-electron chi connectivity index (χ1n) is 11.5. The topological polar surface area (TPSA) is 73.0 Å². The van der Waals surface area contributed by atoms with Gasteiger partial charge in [0.1, 0.15) is 23.1 Å². The van der Waals surface area contributed by atoms with Crippen LogP contribution in [-0.2, 0) is 4.74 Å². The van der Waals surface area contributed by atoms with Crippen molar-refractivity contribution in [2.24, 2.45) is 16.6 Å². The molecule has 1 aromatic carbocycles. The second kappa shape index (κ2) is 10.7. The molecule has 3 heterocycles. The number of benzene rings is 1. The third kappa shape index (κ3) is 6.06. The van der Waals surface area contributed by atoms with Crippen LogP contribution in [0.15, 0.2) is 53.0 Å². The van der Waals surface area contributed by atoms with Crippen LogP contribution in [0.3, 0.4) is 0 Å². The number of pyridine rings is 1. The van der Waals surface area contributed by atoms with Crippen LogP contribution >= 0.6 is 0 Å². The minimum absolute atomic E-state index is 0.358. The summed E-state index contributed by atoms with van der Waals surface area (Å²) in [5.74, 6) is 1.87. The molecule has 1 atom stereocenters. The van der Waals surface area contributed by atoms with Gasteiger partial charge in [0.05, 0.1) is 18.9 Å². The van der Waals surface area contributed by atoms with E-state index in [0.717, 1.165) is 54.3 Å². The molecule has 0 radical (unpaired) electrons. The van der Waals surface area contributed by atoms with Crippen molar-refractivity contribution in [1.82, 2.24) is 4.98 Å². The van der Waals surface area contributed by atoms with Gasteiger partial charge in [0.2, 0.25) is 0 Å². The molecule has 1 saturated heterocycles. The van der Waals surface area contributed by atoms with Gasteiger partial charge in [0.25, 0.3) is 0 Å². The number of aromatic nitrogens is 1. The van der Waals surface area contributed by atoms with Crippen LogP contribution in [0.5, 0.6) is 11.5 Å². The van der Waals surface area contributed by atoms with Gasteiger partial charge in [0.15, 0.2) is 0 Å². The van der Waals surface area contributed by atoms with E-state index in [-0.39, 0.29) is 5.82 Å². The van der Waals surface area contributed by atoms with Crippen molar-refractivity contribution in [2.75, 3.05) is 37.7 Å². The average molecular weight is 451 g/mol. The van der Waals surface area contributed by atoms with Crippen LogP contribution in [-0.4, -0.2) is 44.0 Å². The maximum absolute atomic E-state index is 14.2. The summed E-state index contributed by atoms with van der Waals surface area (Å²) in [5.41, 5.74) is 9.21. The van der Waals surface area contributed by atoms with E-state index < -0.39 is 0 Å². The van der Waals surface area contributed by atoms with E-state index in [1.807, 2.05) is 25.3 Å². The van der Waals surface area contributed by atoms with Gasteiger partial charge >= 0.3 is 0 Å². The lowest BCUT2D eigenvalue weighted by atomic mass is 9.99. The van der Waals surface area contributed by atoms with Crippen molar-refractivity contribution in [2.45, 2.75) is 26.7 Å². The first kappa shape index (κ1) is 23.1. The zero-order valence-corrected chi connectivity index (χ0v) is 19.3. The summed E-state index contributed by atoms with van der Waals surface area (Å²) >= 11 is 0. The predicted molar refractivity (Wildman–Crippen MR) is 130 cm³/mol. The monoisotopic (exact) mass is 450 g/mol. The van der Waals surface area contributed by atoms with Gasteiger partial charge in [-0.15, -0.1) is 0 Å². The fraction of sp³-hybridized carbons (Fsp3) is 0.385. The minimum Gasteiger partial charge on any atom is -0.456 e. The zero-order chi connectivity index (χ0) is 23.2. The van der Waals surface area contributed by atoms with Gasteiger partial charge in [0, 0.05) is 48.8 Å². The van der Waals surface area contributed by atoms with E-state index in [4.69, 9.17) is 20.2 Å². The molecule has 4 rings (SSSR count). The van der Waals surface area contributed by atoms with Gasteiger partial charge in [-0.2, -0.15) is 0 Å². The molecule has 0 spiro atoms. The molecule has 6 nitrogen and oxygen atoms in total. The van der Waals surface area contributed by atoms with Crippen LogP contribution in [0.2, 0.25) is 0 Å². The third-order valence-electron chi connectivity index (χ3n) is 5.68. The summed E-state index contributed by atoms with van der Waals surface area (Å²) in [6.07, 6.45) is 7.74. The molecule has 0 amide bonds. The lowest BCUT2D eigenvalue weighted by Crippen LogP contribution is -2.36. The van der Waals surface area contributed by atoms with Crippen molar-refractivity contribution >= 4 is 17.7 Å². The van der Waals surface area contributed by atoms with Crippen molar-refractivity contribution in [3.63, 3.8) is 0 Å². The summed E-state index contributed by atoms with van der Waals surface area (Å²) in [6, 6.07) is 8.33. The molecule has 2 aliphatic rings. The van der Waals surface area contributed by atoms with Gasteiger partial charge < -0.3 is 20.1 Å². The third-order valence-corrected chi connectivity index (χ3v) is 5.68. The van der Waals surface area contributed by atoms with Crippen molar-refractivity contribution in [1.29, 1.82) is 0 Å². The Balaban J connectivity index is 1.66. The average Bonchev–Trinajstić information content (AvgIpc) is 2.79. The number of aryl methyl sites for hydroxylation is 1. The van der Waals surface area contributed by atoms with Crippen molar-refractivity contribution < 1.29 is 13.9 Å². The fourth-order valence-corrected chi connectivity index (χ4v) is 4.03. The zero-order valence-electron chi connectivity index (χ0n) is 19.3. The normalized spacial score (nSPS) is 23.0. The van der Waals surface area contributed by atoms with Crippen LogP contribution in [0, 0.1) is 18.7 Å². The number of halogens is 1. The van der Waals surface area contributed by atoms with E-state index in [0.29, 0.717) is 37.2 Å². The Morgan fingerprint density at radius 2 is 2.03 bits per heavy atom. The molecule has 2 N–H and O–H groups in total. The molecule has 2 aromatic rings. The smallest absolute Gasteiger partial charge is 0.139 e. The van der Waals surface area contributed by atoms with Crippen molar-refractivity contribution in [3.8, 4) is 11.5 Å². The Kier molecular flexibility index (Phi) is 7.52. The number of rotatable bonds is 6. The standard InChI is InChI=1S/C26H31FN4O2/c1-18-3-6-24(29-17-20(13-18)7-8-28)23-5-4-21(27)15-25(23)33-22-14-19(2)30-26(16-22)31-9-11-32-12-10-31/h4-6,13-18H,3,7-12,28H2,1-2H3/b20-13+,24-6+,29-17-. The Hall–Kier alpha value is -3.03. The molecular formula is C26H31FN4O2. The Labute approximate surface area is 194 Å². The number of hydrogen-bond acceptors (Lipinski definition) is 6. The first-order valence-corrected chi connectivity index (χ1v) is 11.5. The molecule has 0 bridgehead atoms. The molecule has 2 aliphatic heterocycles. The summed E-state index contributed by atoms with van der Waals surface area (Å²) in [5, 5.41) is 0. The van der Waals surface area contributed by atoms with Gasteiger partial charge in [-0.05, 0) is 49.9 Å². The highest BCUT2D eigenvalue weighted by Crippen LogP contribution is 2.34.